The quantitative estimate of drug-likeness (QED) is 0.767. The summed E-state index contributed by atoms with van der Waals surface area (Å²) in [5.41, 5.74) is 0.546. The lowest BCUT2D eigenvalue weighted by molar-refractivity contribution is 0.407. The third-order valence-electron chi connectivity index (χ3n) is 2.02. The first-order valence-corrected chi connectivity index (χ1v) is 4.97. The number of hydrogen-bond acceptors (Lipinski definition) is 4. The zero-order chi connectivity index (χ0) is 11.5. The van der Waals surface area contributed by atoms with Gasteiger partial charge in [-0.1, -0.05) is 0 Å². The Kier molecular flexibility index (Phi) is 3.00. The number of rotatable bonds is 3. The van der Waals surface area contributed by atoms with Crippen molar-refractivity contribution in [1.29, 1.82) is 0 Å². The van der Waals surface area contributed by atoms with Gasteiger partial charge in [0.25, 0.3) is 0 Å². The van der Waals surface area contributed by atoms with Crippen LogP contribution in [0.3, 0.4) is 0 Å². The van der Waals surface area contributed by atoms with Crippen molar-refractivity contribution in [3.63, 3.8) is 0 Å². The van der Waals surface area contributed by atoms with Gasteiger partial charge < -0.3 is 4.74 Å². The van der Waals surface area contributed by atoms with E-state index in [0.29, 0.717) is 17.3 Å². The minimum Gasteiger partial charge on any atom is -0.494 e. The summed E-state index contributed by atoms with van der Waals surface area (Å²) >= 11 is 5.67. The second-order valence-electron chi connectivity index (χ2n) is 2.96. The maximum absolute atomic E-state index is 13.0. The standard InChI is InChI=1S/C9H8ClFN4O/c1-16-8-4-6(11)2-3-7(8)15-9(5-10)12-13-14-15/h2-4H,5H2,1H3. The fourth-order valence-electron chi connectivity index (χ4n) is 1.30. The molecule has 5 nitrogen and oxygen atoms in total. The van der Waals surface area contributed by atoms with Gasteiger partial charge in [-0.05, 0) is 22.6 Å². The molecule has 0 unspecified atom stereocenters. The first-order chi connectivity index (χ1) is 7.76. The predicted octanol–water partition coefficient (Wildman–Crippen LogP) is 1.55. The summed E-state index contributed by atoms with van der Waals surface area (Å²) in [5, 5.41) is 11.0. The van der Waals surface area contributed by atoms with E-state index >= 15 is 0 Å². The molecular weight excluding hydrogens is 235 g/mol. The normalized spacial score (nSPS) is 10.4. The fraction of sp³-hybridized carbons (Fsp3) is 0.222. The lowest BCUT2D eigenvalue weighted by Crippen LogP contribution is -2.04. The Balaban J connectivity index is 2.55. The van der Waals surface area contributed by atoms with Gasteiger partial charge >= 0.3 is 0 Å². The maximum Gasteiger partial charge on any atom is 0.171 e. The number of tetrazole rings is 1. The number of hydrogen-bond donors (Lipinski definition) is 0. The van der Waals surface area contributed by atoms with Crippen LogP contribution < -0.4 is 4.74 Å². The maximum atomic E-state index is 13.0. The van der Waals surface area contributed by atoms with Crippen LogP contribution in [-0.2, 0) is 5.88 Å². The molecule has 0 saturated heterocycles. The second-order valence-corrected chi connectivity index (χ2v) is 3.22. The van der Waals surface area contributed by atoms with Crippen LogP contribution in [0.4, 0.5) is 4.39 Å². The van der Waals surface area contributed by atoms with Gasteiger partial charge in [0.2, 0.25) is 0 Å². The number of ether oxygens (including phenoxy) is 1. The number of aromatic nitrogens is 4. The number of benzene rings is 1. The molecule has 84 valence electrons. The Morgan fingerprint density at radius 1 is 1.50 bits per heavy atom. The van der Waals surface area contributed by atoms with Crippen LogP contribution >= 0.6 is 11.6 Å². The molecule has 16 heavy (non-hydrogen) atoms. The third kappa shape index (κ3) is 1.83. The molecule has 0 atom stereocenters. The molecule has 0 bridgehead atoms. The highest BCUT2D eigenvalue weighted by molar-refractivity contribution is 6.16. The highest BCUT2D eigenvalue weighted by Gasteiger charge is 2.12. The van der Waals surface area contributed by atoms with Crippen molar-refractivity contribution in [3.8, 4) is 11.4 Å². The number of halogens is 2. The van der Waals surface area contributed by atoms with E-state index < -0.39 is 0 Å². The zero-order valence-electron chi connectivity index (χ0n) is 8.39. The molecule has 1 aromatic heterocycles. The molecule has 0 radical (unpaired) electrons. The summed E-state index contributed by atoms with van der Waals surface area (Å²) < 4.78 is 19.4. The van der Waals surface area contributed by atoms with E-state index in [9.17, 15) is 4.39 Å². The summed E-state index contributed by atoms with van der Waals surface area (Å²) in [6.07, 6.45) is 0. The highest BCUT2D eigenvalue weighted by Crippen LogP contribution is 2.23. The van der Waals surface area contributed by atoms with Crippen LogP contribution in [0.5, 0.6) is 5.75 Å². The molecule has 0 aliphatic rings. The molecule has 0 fully saturated rings. The van der Waals surface area contributed by atoms with Crippen molar-refractivity contribution in [2.75, 3.05) is 7.11 Å². The molecule has 0 amide bonds. The van der Waals surface area contributed by atoms with E-state index in [1.165, 1.54) is 30.0 Å². The van der Waals surface area contributed by atoms with Crippen LogP contribution in [0.2, 0.25) is 0 Å². The van der Waals surface area contributed by atoms with E-state index in [1.54, 1.807) is 0 Å². The molecule has 2 aromatic rings. The molecule has 0 aliphatic carbocycles. The van der Waals surface area contributed by atoms with E-state index in [2.05, 4.69) is 15.5 Å². The summed E-state index contributed by atoms with van der Waals surface area (Å²) in [6.45, 7) is 0. The minimum atomic E-state index is -0.388. The lowest BCUT2D eigenvalue weighted by atomic mass is 10.3. The Labute approximate surface area is 95.8 Å². The largest absolute Gasteiger partial charge is 0.494 e. The molecule has 0 aliphatic heterocycles. The third-order valence-corrected chi connectivity index (χ3v) is 2.26. The summed E-state index contributed by atoms with van der Waals surface area (Å²) in [4.78, 5) is 0. The molecule has 0 saturated carbocycles. The number of alkyl halides is 1. The van der Waals surface area contributed by atoms with Crippen molar-refractivity contribution < 1.29 is 9.13 Å². The molecule has 7 heteroatoms. The molecule has 0 N–H and O–H groups in total. The average molecular weight is 243 g/mol. The van der Waals surface area contributed by atoms with E-state index in [-0.39, 0.29) is 11.7 Å². The summed E-state index contributed by atoms with van der Waals surface area (Å²) in [5.74, 6) is 0.583. The molecule has 0 spiro atoms. The number of nitrogens with zero attached hydrogens (tertiary/aromatic N) is 4. The molecule has 1 heterocycles. The van der Waals surface area contributed by atoms with Gasteiger partial charge in [0.05, 0.1) is 13.0 Å². The minimum absolute atomic E-state index is 0.160. The Hall–Kier alpha value is -1.69. The highest BCUT2D eigenvalue weighted by atomic mass is 35.5. The molecular formula is C9H8ClFN4O. The fourth-order valence-corrected chi connectivity index (χ4v) is 1.47. The monoisotopic (exact) mass is 242 g/mol. The molecule has 2 rings (SSSR count). The SMILES string of the molecule is COc1cc(F)ccc1-n1nnnc1CCl. The van der Waals surface area contributed by atoms with Crippen LogP contribution in [0.15, 0.2) is 18.2 Å². The topological polar surface area (TPSA) is 52.8 Å². The molecule has 1 aromatic carbocycles. The second kappa shape index (κ2) is 4.44. The van der Waals surface area contributed by atoms with Crippen LogP contribution in [0.25, 0.3) is 5.69 Å². The van der Waals surface area contributed by atoms with Crippen molar-refractivity contribution in [1.82, 2.24) is 20.2 Å². The Morgan fingerprint density at radius 2 is 2.31 bits per heavy atom. The van der Waals surface area contributed by atoms with Crippen LogP contribution in [0, 0.1) is 5.82 Å². The van der Waals surface area contributed by atoms with Crippen molar-refractivity contribution >= 4 is 11.6 Å². The van der Waals surface area contributed by atoms with Gasteiger partial charge in [-0.3, -0.25) is 0 Å². The van der Waals surface area contributed by atoms with Gasteiger partial charge in [0, 0.05) is 6.07 Å². The predicted molar refractivity (Wildman–Crippen MR) is 55.2 cm³/mol. The Bertz CT molecular complexity index is 502. The first-order valence-electron chi connectivity index (χ1n) is 4.43. The van der Waals surface area contributed by atoms with Gasteiger partial charge in [-0.25, -0.2) is 4.39 Å². The van der Waals surface area contributed by atoms with Crippen molar-refractivity contribution in [3.05, 3.63) is 29.8 Å². The summed E-state index contributed by atoms with van der Waals surface area (Å²) in [7, 11) is 1.45. The van der Waals surface area contributed by atoms with Gasteiger partial charge in [-0.2, -0.15) is 4.68 Å². The first kappa shape index (κ1) is 10.8. The van der Waals surface area contributed by atoms with Crippen LogP contribution in [-0.4, -0.2) is 27.3 Å². The van der Waals surface area contributed by atoms with Crippen LogP contribution in [0.1, 0.15) is 5.82 Å². The van der Waals surface area contributed by atoms with E-state index in [4.69, 9.17) is 16.3 Å². The lowest BCUT2D eigenvalue weighted by Gasteiger charge is -2.08. The van der Waals surface area contributed by atoms with E-state index in [0.717, 1.165) is 0 Å². The van der Waals surface area contributed by atoms with Gasteiger partial charge in [0.15, 0.2) is 5.82 Å². The van der Waals surface area contributed by atoms with E-state index in [1.807, 2.05) is 0 Å². The van der Waals surface area contributed by atoms with Crippen molar-refractivity contribution in [2.45, 2.75) is 5.88 Å². The summed E-state index contributed by atoms with van der Waals surface area (Å²) in [6, 6.07) is 4.09. The number of methoxy groups -OCH3 is 1. The van der Waals surface area contributed by atoms with Gasteiger partial charge in [0.1, 0.15) is 17.3 Å². The van der Waals surface area contributed by atoms with Gasteiger partial charge in [-0.15, -0.1) is 16.7 Å². The zero-order valence-corrected chi connectivity index (χ0v) is 9.15. The average Bonchev–Trinajstić information content (AvgIpc) is 2.76. The van der Waals surface area contributed by atoms with Crippen molar-refractivity contribution in [2.24, 2.45) is 0 Å². The smallest absolute Gasteiger partial charge is 0.171 e. The Morgan fingerprint density at radius 3 is 3.00 bits per heavy atom.